The molecule has 20 heavy (non-hydrogen) atoms. The van der Waals surface area contributed by atoms with Gasteiger partial charge in [-0.3, -0.25) is 9.35 Å². The predicted octanol–water partition coefficient (Wildman–Crippen LogP) is 2.23. The number of nitrogens with zero attached hydrogens (tertiary/aromatic N) is 1. The molecule has 0 aliphatic carbocycles. The molecule has 0 bridgehead atoms. The van der Waals surface area contributed by atoms with Gasteiger partial charge in [-0.2, -0.15) is 8.42 Å². The van der Waals surface area contributed by atoms with Gasteiger partial charge in [0, 0.05) is 11.9 Å². The molecule has 1 heterocycles. The zero-order chi connectivity index (χ0) is 14.8. The molecule has 2 rings (SSSR count). The summed E-state index contributed by atoms with van der Waals surface area (Å²) in [7, 11) is -4.24. The van der Waals surface area contributed by atoms with Gasteiger partial charge in [0.2, 0.25) is 0 Å². The van der Waals surface area contributed by atoms with Crippen LogP contribution in [-0.2, 0) is 10.1 Å². The lowest BCUT2D eigenvalue weighted by molar-refractivity contribution is 0.102. The largest absolute Gasteiger partial charge is 0.322 e. The van der Waals surface area contributed by atoms with E-state index >= 15 is 0 Å². The fraction of sp³-hybridized carbons (Fsp3) is 0. The van der Waals surface area contributed by atoms with Crippen molar-refractivity contribution < 1.29 is 17.8 Å². The Hall–Kier alpha value is -1.96. The fourth-order valence-corrected chi connectivity index (χ4v) is 2.02. The van der Waals surface area contributed by atoms with Crippen LogP contribution in [-0.4, -0.2) is 23.9 Å². The van der Waals surface area contributed by atoms with Crippen molar-refractivity contribution in [3.05, 3.63) is 53.3 Å². The minimum Gasteiger partial charge on any atom is -0.322 e. The number of carbonyl (C=O) groups excluding carboxylic acids is 1. The second-order valence-corrected chi connectivity index (χ2v) is 5.63. The summed E-state index contributed by atoms with van der Waals surface area (Å²) in [5.74, 6) is -0.409. The van der Waals surface area contributed by atoms with Gasteiger partial charge in [-0.25, -0.2) is 4.98 Å². The van der Waals surface area contributed by atoms with E-state index in [0.717, 1.165) is 0 Å². The van der Waals surface area contributed by atoms with Crippen molar-refractivity contribution in [2.75, 3.05) is 5.32 Å². The van der Waals surface area contributed by atoms with E-state index in [-0.39, 0.29) is 10.0 Å². The van der Waals surface area contributed by atoms with E-state index in [1.54, 1.807) is 0 Å². The summed E-state index contributed by atoms with van der Waals surface area (Å²) >= 11 is 5.61. The first-order valence-electron chi connectivity index (χ1n) is 5.37. The highest BCUT2D eigenvalue weighted by Gasteiger charge is 2.10. The van der Waals surface area contributed by atoms with Crippen molar-refractivity contribution in [1.29, 1.82) is 0 Å². The lowest BCUT2D eigenvalue weighted by Crippen LogP contribution is -2.12. The summed E-state index contributed by atoms with van der Waals surface area (Å²) < 4.78 is 30.6. The Bertz CT molecular complexity index is 727. The smallest absolute Gasteiger partial charge is 0.294 e. The Labute approximate surface area is 120 Å². The van der Waals surface area contributed by atoms with Crippen LogP contribution in [0.25, 0.3) is 0 Å². The molecule has 0 radical (unpaired) electrons. The highest BCUT2D eigenvalue weighted by molar-refractivity contribution is 7.85. The van der Waals surface area contributed by atoms with Gasteiger partial charge in [0.05, 0.1) is 10.5 Å². The maximum Gasteiger partial charge on any atom is 0.294 e. The topological polar surface area (TPSA) is 96.4 Å². The van der Waals surface area contributed by atoms with E-state index in [4.69, 9.17) is 16.2 Å². The first-order chi connectivity index (χ1) is 9.36. The molecule has 0 fully saturated rings. The standard InChI is InChI=1S/C12H9ClN2O4S/c13-11-6-1-8(7-14-11)12(16)15-9-2-4-10(5-3-9)20(17,18)19/h1-7H,(H,15,16)(H,17,18,19). The molecule has 1 aromatic carbocycles. The number of aromatic nitrogens is 1. The van der Waals surface area contributed by atoms with Crippen LogP contribution in [0.3, 0.4) is 0 Å². The third kappa shape index (κ3) is 3.53. The number of hydrogen-bond donors (Lipinski definition) is 2. The highest BCUT2D eigenvalue weighted by Crippen LogP contribution is 2.15. The molecule has 8 heteroatoms. The predicted molar refractivity (Wildman–Crippen MR) is 73.5 cm³/mol. The summed E-state index contributed by atoms with van der Waals surface area (Å²) in [4.78, 5) is 15.4. The number of pyridine rings is 1. The Balaban J connectivity index is 2.14. The van der Waals surface area contributed by atoms with E-state index in [2.05, 4.69) is 10.3 Å². The molecule has 2 aromatic rings. The van der Waals surface area contributed by atoms with Crippen molar-refractivity contribution in [2.24, 2.45) is 0 Å². The Morgan fingerprint density at radius 3 is 2.30 bits per heavy atom. The third-order valence-corrected chi connectivity index (χ3v) is 3.49. The van der Waals surface area contributed by atoms with Gasteiger partial charge < -0.3 is 5.32 Å². The zero-order valence-corrected chi connectivity index (χ0v) is 11.5. The first-order valence-corrected chi connectivity index (χ1v) is 7.18. The van der Waals surface area contributed by atoms with Crippen molar-refractivity contribution in [3.63, 3.8) is 0 Å². The van der Waals surface area contributed by atoms with Crippen LogP contribution < -0.4 is 5.32 Å². The van der Waals surface area contributed by atoms with Gasteiger partial charge in [-0.1, -0.05) is 11.6 Å². The molecule has 0 aliphatic rings. The third-order valence-electron chi connectivity index (χ3n) is 2.40. The maximum absolute atomic E-state index is 11.8. The monoisotopic (exact) mass is 312 g/mol. The van der Waals surface area contributed by atoms with Crippen LogP contribution in [0.5, 0.6) is 0 Å². The average Bonchev–Trinajstić information content (AvgIpc) is 2.39. The molecule has 104 valence electrons. The number of hydrogen-bond acceptors (Lipinski definition) is 4. The molecule has 6 nitrogen and oxygen atoms in total. The van der Waals surface area contributed by atoms with Crippen LogP contribution in [0.15, 0.2) is 47.5 Å². The molecule has 1 aromatic heterocycles. The highest BCUT2D eigenvalue weighted by atomic mass is 35.5. The lowest BCUT2D eigenvalue weighted by atomic mass is 10.2. The Morgan fingerprint density at radius 1 is 1.15 bits per heavy atom. The normalized spacial score (nSPS) is 11.1. The van der Waals surface area contributed by atoms with Gasteiger partial charge in [0.15, 0.2) is 0 Å². The maximum atomic E-state index is 11.8. The van der Waals surface area contributed by atoms with Crippen LogP contribution in [0, 0.1) is 0 Å². The minimum absolute atomic E-state index is 0.247. The number of carbonyl (C=O) groups is 1. The van der Waals surface area contributed by atoms with Crippen molar-refractivity contribution in [2.45, 2.75) is 4.90 Å². The summed E-state index contributed by atoms with van der Waals surface area (Å²) in [5.41, 5.74) is 0.700. The molecule has 0 unspecified atom stereocenters. The zero-order valence-electron chi connectivity index (χ0n) is 9.95. The number of nitrogens with one attached hydrogen (secondary N) is 1. The number of benzene rings is 1. The molecule has 0 spiro atoms. The summed E-state index contributed by atoms with van der Waals surface area (Å²) in [6, 6.07) is 8.10. The number of anilines is 1. The number of amides is 1. The fourth-order valence-electron chi connectivity index (χ4n) is 1.42. The van der Waals surface area contributed by atoms with Crippen molar-refractivity contribution in [1.82, 2.24) is 4.98 Å². The molecular formula is C12H9ClN2O4S. The molecule has 1 amide bonds. The average molecular weight is 313 g/mol. The van der Waals surface area contributed by atoms with Gasteiger partial charge in [0.25, 0.3) is 16.0 Å². The van der Waals surface area contributed by atoms with Crippen LogP contribution >= 0.6 is 11.6 Å². The van der Waals surface area contributed by atoms with Gasteiger partial charge in [-0.15, -0.1) is 0 Å². The summed E-state index contributed by atoms with van der Waals surface area (Å²) in [5, 5.41) is 2.83. The molecule has 0 saturated carbocycles. The molecule has 0 atom stereocenters. The Kier molecular flexibility index (Phi) is 4.03. The van der Waals surface area contributed by atoms with Crippen molar-refractivity contribution in [3.8, 4) is 0 Å². The summed E-state index contributed by atoms with van der Waals surface area (Å²) in [6.45, 7) is 0. The molecule has 2 N–H and O–H groups in total. The first kappa shape index (κ1) is 14.4. The number of rotatable bonds is 3. The molecule has 0 aliphatic heterocycles. The van der Waals surface area contributed by atoms with Gasteiger partial charge in [-0.05, 0) is 36.4 Å². The summed E-state index contributed by atoms with van der Waals surface area (Å²) in [6.07, 6.45) is 1.32. The lowest BCUT2D eigenvalue weighted by Gasteiger charge is -2.05. The number of halogens is 1. The molecular weight excluding hydrogens is 304 g/mol. The molecule has 0 saturated heterocycles. The van der Waals surface area contributed by atoms with E-state index in [1.165, 1.54) is 42.6 Å². The van der Waals surface area contributed by atoms with E-state index in [1.807, 2.05) is 0 Å². The van der Waals surface area contributed by atoms with Gasteiger partial charge >= 0.3 is 0 Å². The SMILES string of the molecule is O=C(Nc1ccc(S(=O)(=O)O)cc1)c1ccc(Cl)nc1. The second kappa shape index (κ2) is 5.58. The Morgan fingerprint density at radius 2 is 1.80 bits per heavy atom. The minimum atomic E-state index is -4.24. The van der Waals surface area contributed by atoms with Crippen LogP contribution in [0.2, 0.25) is 5.15 Å². The van der Waals surface area contributed by atoms with Gasteiger partial charge in [0.1, 0.15) is 5.15 Å². The van der Waals surface area contributed by atoms with E-state index in [0.29, 0.717) is 11.3 Å². The van der Waals surface area contributed by atoms with Crippen LogP contribution in [0.1, 0.15) is 10.4 Å². The van der Waals surface area contributed by atoms with E-state index in [9.17, 15) is 13.2 Å². The quantitative estimate of drug-likeness (QED) is 0.669. The second-order valence-electron chi connectivity index (χ2n) is 3.82. The van der Waals surface area contributed by atoms with Crippen LogP contribution in [0.4, 0.5) is 5.69 Å². The van der Waals surface area contributed by atoms with E-state index < -0.39 is 16.0 Å². The van der Waals surface area contributed by atoms with Crippen molar-refractivity contribution >= 4 is 33.3 Å².